The molecule has 1 aliphatic rings. The molecule has 1 aliphatic heterocycles. The van der Waals surface area contributed by atoms with Gasteiger partial charge in [-0.05, 0) is 25.9 Å². The Morgan fingerprint density at radius 2 is 1.91 bits per heavy atom. The topological polar surface area (TPSA) is 82.5 Å². The minimum atomic E-state index is -1.01. The van der Waals surface area contributed by atoms with E-state index in [1.165, 1.54) is 48.8 Å². The summed E-state index contributed by atoms with van der Waals surface area (Å²) in [5.41, 5.74) is 0.0772. The fourth-order valence-corrected chi connectivity index (χ4v) is 3.49. The second-order valence-electron chi connectivity index (χ2n) is 5.89. The number of thiazole rings is 1. The first kappa shape index (κ1) is 17.9. The molecule has 0 spiro atoms. The lowest BCUT2D eigenvalue weighted by molar-refractivity contribution is -0.121. The Morgan fingerprint density at radius 1 is 1.22 bits per heavy atom. The molecule has 0 saturated carbocycles. The number of nitrogens with zero attached hydrogens (tertiary/aromatic N) is 2. The van der Waals surface area contributed by atoms with Crippen molar-refractivity contribution in [2.75, 3.05) is 26.2 Å². The molecule has 1 aromatic heterocycles. The summed E-state index contributed by atoms with van der Waals surface area (Å²) in [6.07, 6.45) is 7.51. The Balaban J connectivity index is 1.61. The van der Waals surface area contributed by atoms with Crippen molar-refractivity contribution in [3.63, 3.8) is 0 Å². The van der Waals surface area contributed by atoms with Crippen LogP contribution in [0.2, 0.25) is 0 Å². The van der Waals surface area contributed by atoms with E-state index in [1.54, 1.807) is 0 Å². The van der Waals surface area contributed by atoms with E-state index < -0.39 is 5.97 Å². The first-order valence-electron chi connectivity index (χ1n) is 8.32. The number of carbonyl (C=O) groups excluding carboxylic acids is 1. The molecule has 0 atom stereocenters. The summed E-state index contributed by atoms with van der Waals surface area (Å²) in [4.78, 5) is 29.0. The fraction of sp³-hybridized carbons (Fsp3) is 0.688. The third-order valence-corrected chi connectivity index (χ3v) is 4.94. The second kappa shape index (κ2) is 9.62. The summed E-state index contributed by atoms with van der Waals surface area (Å²) < 4.78 is 0. The van der Waals surface area contributed by atoms with Gasteiger partial charge in [0.15, 0.2) is 5.69 Å². The van der Waals surface area contributed by atoms with Gasteiger partial charge in [0.25, 0.3) is 0 Å². The average molecular weight is 339 g/mol. The van der Waals surface area contributed by atoms with E-state index >= 15 is 0 Å². The monoisotopic (exact) mass is 339 g/mol. The second-order valence-corrected chi connectivity index (χ2v) is 6.83. The largest absolute Gasteiger partial charge is 0.476 e. The Kier molecular flexibility index (Phi) is 7.48. The van der Waals surface area contributed by atoms with Crippen LogP contribution in [0, 0.1) is 0 Å². The van der Waals surface area contributed by atoms with Crippen LogP contribution in [0.25, 0.3) is 0 Å². The molecule has 6 nitrogen and oxygen atoms in total. The van der Waals surface area contributed by atoms with E-state index in [4.69, 9.17) is 5.11 Å². The van der Waals surface area contributed by atoms with Crippen LogP contribution in [0.5, 0.6) is 0 Å². The first-order chi connectivity index (χ1) is 11.1. The number of carboxylic acids is 1. The van der Waals surface area contributed by atoms with Gasteiger partial charge in [0.1, 0.15) is 0 Å². The molecule has 1 fully saturated rings. The predicted molar refractivity (Wildman–Crippen MR) is 89.9 cm³/mol. The van der Waals surface area contributed by atoms with Crippen LogP contribution in [0.4, 0.5) is 0 Å². The SMILES string of the molecule is O=C(CCN1CCCCCCC1)NCCc1nc(C(=O)O)cs1. The van der Waals surface area contributed by atoms with E-state index in [0.717, 1.165) is 24.6 Å². The molecule has 128 valence electrons. The lowest BCUT2D eigenvalue weighted by Gasteiger charge is -2.24. The van der Waals surface area contributed by atoms with Crippen LogP contribution in [0.1, 0.15) is 54.0 Å². The van der Waals surface area contributed by atoms with Crippen molar-refractivity contribution in [1.82, 2.24) is 15.2 Å². The van der Waals surface area contributed by atoms with Gasteiger partial charge in [0, 0.05) is 31.3 Å². The van der Waals surface area contributed by atoms with Gasteiger partial charge in [-0.25, -0.2) is 9.78 Å². The van der Waals surface area contributed by atoms with Gasteiger partial charge in [0.2, 0.25) is 5.91 Å². The molecule has 1 amide bonds. The molecule has 23 heavy (non-hydrogen) atoms. The van der Waals surface area contributed by atoms with Crippen molar-refractivity contribution in [1.29, 1.82) is 0 Å². The van der Waals surface area contributed by atoms with Gasteiger partial charge in [-0.1, -0.05) is 19.3 Å². The highest BCUT2D eigenvalue weighted by Crippen LogP contribution is 2.11. The smallest absolute Gasteiger partial charge is 0.355 e. The molecule has 1 aromatic rings. The molecule has 7 heteroatoms. The number of carboxylic acid groups (broad SMARTS) is 1. The highest BCUT2D eigenvalue weighted by atomic mass is 32.1. The molecule has 0 radical (unpaired) electrons. The standard InChI is InChI=1S/C16H25N3O3S/c20-14(7-11-19-9-4-2-1-3-5-10-19)17-8-6-15-18-13(12-23-15)16(21)22/h12H,1-11H2,(H,17,20)(H,21,22). The van der Waals surface area contributed by atoms with Crippen LogP contribution in [0.3, 0.4) is 0 Å². The third kappa shape index (κ3) is 6.66. The van der Waals surface area contributed by atoms with Crippen LogP contribution in [-0.2, 0) is 11.2 Å². The summed E-state index contributed by atoms with van der Waals surface area (Å²) >= 11 is 1.32. The molecule has 0 unspecified atom stereocenters. The number of aromatic carboxylic acids is 1. The zero-order valence-electron chi connectivity index (χ0n) is 13.4. The normalized spacial score (nSPS) is 16.5. The Hall–Kier alpha value is -1.47. The molecular formula is C16H25N3O3S. The van der Waals surface area contributed by atoms with Crippen LogP contribution in [-0.4, -0.2) is 53.0 Å². The number of nitrogens with one attached hydrogen (secondary N) is 1. The van der Waals surface area contributed by atoms with Crippen molar-refractivity contribution < 1.29 is 14.7 Å². The molecule has 1 saturated heterocycles. The minimum absolute atomic E-state index is 0.0575. The highest BCUT2D eigenvalue weighted by Gasteiger charge is 2.11. The Bertz CT molecular complexity index is 510. The zero-order valence-corrected chi connectivity index (χ0v) is 14.2. The number of carbonyl (C=O) groups is 2. The third-order valence-electron chi connectivity index (χ3n) is 4.04. The minimum Gasteiger partial charge on any atom is -0.476 e. The van der Waals surface area contributed by atoms with Crippen molar-refractivity contribution in [2.24, 2.45) is 0 Å². The van der Waals surface area contributed by atoms with Crippen LogP contribution < -0.4 is 5.32 Å². The van der Waals surface area contributed by atoms with Gasteiger partial charge in [-0.2, -0.15) is 0 Å². The number of aromatic nitrogens is 1. The average Bonchev–Trinajstić information content (AvgIpc) is 2.95. The quantitative estimate of drug-likeness (QED) is 0.795. The lowest BCUT2D eigenvalue weighted by Crippen LogP contribution is -2.33. The number of likely N-dealkylation sites (tertiary alicyclic amines) is 1. The summed E-state index contributed by atoms with van der Waals surface area (Å²) in [7, 11) is 0. The summed E-state index contributed by atoms with van der Waals surface area (Å²) in [5.74, 6) is -0.952. The molecule has 2 N–H and O–H groups in total. The number of rotatable bonds is 7. The van der Waals surface area contributed by atoms with Gasteiger partial charge < -0.3 is 15.3 Å². The fourth-order valence-electron chi connectivity index (χ4n) is 2.72. The zero-order chi connectivity index (χ0) is 16.5. The number of hydrogen-bond acceptors (Lipinski definition) is 5. The van der Waals surface area contributed by atoms with E-state index in [9.17, 15) is 9.59 Å². The van der Waals surface area contributed by atoms with Crippen molar-refractivity contribution in [3.05, 3.63) is 16.1 Å². The Morgan fingerprint density at radius 3 is 2.57 bits per heavy atom. The maximum atomic E-state index is 11.9. The van der Waals surface area contributed by atoms with Gasteiger partial charge >= 0.3 is 5.97 Å². The van der Waals surface area contributed by atoms with Crippen molar-refractivity contribution in [2.45, 2.75) is 44.9 Å². The van der Waals surface area contributed by atoms with Crippen LogP contribution in [0.15, 0.2) is 5.38 Å². The van der Waals surface area contributed by atoms with E-state index in [-0.39, 0.29) is 11.6 Å². The highest BCUT2D eigenvalue weighted by molar-refractivity contribution is 7.09. The maximum Gasteiger partial charge on any atom is 0.355 e. The Labute approximate surface area is 140 Å². The van der Waals surface area contributed by atoms with Crippen LogP contribution >= 0.6 is 11.3 Å². The van der Waals surface area contributed by atoms with Gasteiger partial charge in [-0.3, -0.25) is 4.79 Å². The first-order valence-corrected chi connectivity index (χ1v) is 9.20. The van der Waals surface area contributed by atoms with Crippen molar-refractivity contribution >= 4 is 23.2 Å². The van der Waals surface area contributed by atoms with Gasteiger partial charge in [0.05, 0.1) is 5.01 Å². The lowest BCUT2D eigenvalue weighted by atomic mass is 10.1. The number of amides is 1. The maximum absolute atomic E-state index is 11.9. The van der Waals surface area contributed by atoms with E-state index in [1.807, 2.05) is 0 Å². The predicted octanol–water partition coefficient (Wildman–Crippen LogP) is 2.16. The molecule has 2 rings (SSSR count). The summed E-state index contributed by atoms with van der Waals surface area (Å²) in [6.45, 7) is 3.53. The molecule has 0 aromatic carbocycles. The molecule has 0 aliphatic carbocycles. The molecule has 0 bridgehead atoms. The summed E-state index contributed by atoms with van der Waals surface area (Å²) in [5, 5.41) is 14.0. The van der Waals surface area contributed by atoms with Crippen molar-refractivity contribution in [3.8, 4) is 0 Å². The van der Waals surface area contributed by atoms with E-state index in [0.29, 0.717) is 19.4 Å². The van der Waals surface area contributed by atoms with Gasteiger partial charge in [-0.15, -0.1) is 11.3 Å². The molecule has 2 heterocycles. The number of hydrogen-bond donors (Lipinski definition) is 2. The molecular weight excluding hydrogens is 314 g/mol. The summed E-state index contributed by atoms with van der Waals surface area (Å²) in [6, 6.07) is 0. The van der Waals surface area contributed by atoms with E-state index in [2.05, 4.69) is 15.2 Å².